The van der Waals surface area contributed by atoms with Crippen LogP contribution in [0.2, 0.25) is 0 Å². The minimum absolute atomic E-state index is 0.0187. The molecule has 5 heteroatoms. The van der Waals surface area contributed by atoms with Crippen LogP contribution in [0.1, 0.15) is 0 Å². The molecule has 1 amide bonds. The number of anilines is 1. The molecule has 1 saturated heterocycles. The quantitative estimate of drug-likeness (QED) is 0.818. The highest BCUT2D eigenvalue weighted by molar-refractivity contribution is 5.92. The number of carbonyl (C=O) groups excluding carboxylic acids is 1. The Balaban J connectivity index is 1.85. The summed E-state index contributed by atoms with van der Waals surface area (Å²) in [5.74, 6) is 0.764. The van der Waals surface area contributed by atoms with Crippen LogP contribution < -0.4 is 15.4 Å². The zero-order valence-electron chi connectivity index (χ0n) is 10.6. The highest BCUT2D eigenvalue weighted by atomic mass is 16.5. The molecule has 18 heavy (non-hydrogen) atoms. The van der Waals surface area contributed by atoms with E-state index in [0.29, 0.717) is 6.54 Å². The van der Waals surface area contributed by atoms with Crippen molar-refractivity contribution in [1.82, 2.24) is 10.2 Å². The van der Waals surface area contributed by atoms with Gasteiger partial charge >= 0.3 is 0 Å². The first kappa shape index (κ1) is 12.9. The number of benzene rings is 1. The number of hydrogen-bond donors (Lipinski definition) is 2. The fraction of sp³-hybridized carbons (Fsp3) is 0.462. The van der Waals surface area contributed by atoms with Crippen molar-refractivity contribution in [2.45, 2.75) is 0 Å². The maximum Gasteiger partial charge on any atom is 0.238 e. The average Bonchev–Trinajstić information content (AvgIpc) is 2.40. The predicted octanol–water partition coefficient (Wildman–Crippen LogP) is 0.539. The summed E-state index contributed by atoms with van der Waals surface area (Å²) in [5, 5.41) is 6.15. The molecule has 1 aliphatic rings. The van der Waals surface area contributed by atoms with Gasteiger partial charge in [0, 0.05) is 37.9 Å². The second-order valence-electron chi connectivity index (χ2n) is 4.31. The van der Waals surface area contributed by atoms with Crippen LogP contribution in [0.4, 0.5) is 5.69 Å². The standard InChI is InChI=1S/C13H19N3O2/c1-18-12-4-2-3-11(9-12)15-13(17)10-16-7-5-14-6-8-16/h2-4,9,14H,5-8,10H2,1H3,(H,15,17). The first-order valence-corrected chi connectivity index (χ1v) is 6.15. The monoisotopic (exact) mass is 249 g/mol. The van der Waals surface area contributed by atoms with E-state index in [1.165, 1.54) is 0 Å². The molecule has 2 rings (SSSR count). The third-order valence-corrected chi connectivity index (χ3v) is 2.93. The molecule has 1 aromatic carbocycles. The second-order valence-corrected chi connectivity index (χ2v) is 4.31. The molecule has 98 valence electrons. The van der Waals surface area contributed by atoms with Gasteiger partial charge in [0.15, 0.2) is 0 Å². The van der Waals surface area contributed by atoms with Gasteiger partial charge in [0.05, 0.1) is 13.7 Å². The minimum Gasteiger partial charge on any atom is -0.497 e. The van der Waals surface area contributed by atoms with Gasteiger partial charge in [0.2, 0.25) is 5.91 Å². The lowest BCUT2D eigenvalue weighted by Crippen LogP contribution is -2.46. The molecule has 2 N–H and O–H groups in total. The van der Waals surface area contributed by atoms with Crippen molar-refractivity contribution >= 4 is 11.6 Å². The van der Waals surface area contributed by atoms with E-state index in [9.17, 15) is 4.79 Å². The number of ether oxygens (including phenoxy) is 1. The Hall–Kier alpha value is -1.59. The van der Waals surface area contributed by atoms with Gasteiger partial charge < -0.3 is 15.4 Å². The largest absolute Gasteiger partial charge is 0.497 e. The third kappa shape index (κ3) is 3.72. The maximum atomic E-state index is 11.9. The Morgan fingerprint density at radius 1 is 1.44 bits per heavy atom. The second kappa shape index (κ2) is 6.37. The van der Waals surface area contributed by atoms with E-state index in [4.69, 9.17) is 4.74 Å². The van der Waals surface area contributed by atoms with Gasteiger partial charge in [-0.05, 0) is 12.1 Å². The van der Waals surface area contributed by atoms with Crippen LogP contribution in [0.5, 0.6) is 5.75 Å². The molecule has 1 aliphatic heterocycles. The van der Waals surface area contributed by atoms with Gasteiger partial charge in [-0.25, -0.2) is 0 Å². The molecule has 0 aromatic heterocycles. The number of amides is 1. The highest BCUT2D eigenvalue weighted by Gasteiger charge is 2.13. The zero-order valence-corrected chi connectivity index (χ0v) is 10.6. The molecule has 1 heterocycles. The Morgan fingerprint density at radius 2 is 2.22 bits per heavy atom. The van der Waals surface area contributed by atoms with Crippen molar-refractivity contribution in [3.8, 4) is 5.75 Å². The van der Waals surface area contributed by atoms with Crippen LogP contribution in [-0.2, 0) is 4.79 Å². The van der Waals surface area contributed by atoms with Gasteiger partial charge in [0.25, 0.3) is 0 Å². The molecule has 1 aromatic rings. The van der Waals surface area contributed by atoms with Gasteiger partial charge in [0.1, 0.15) is 5.75 Å². The number of methoxy groups -OCH3 is 1. The SMILES string of the molecule is COc1cccc(NC(=O)CN2CCNCC2)c1. The predicted molar refractivity (Wildman–Crippen MR) is 70.9 cm³/mol. The van der Waals surface area contributed by atoms with Crippen molar-refractivity contribution in [3.05, 3.63) is 24.3 Å². The Bertz CT molecular complexity index is 403. The smallest absolute Gasteiger partial charge is 0.238 e. The molecule has 0 radical (unpaired) electrons. The third-order valence-electron chi connectivity index (χ3n) is 2.93. The summed E-state index contributed by atoms with van der Waals surface area (Å²) in [4.78, 5) is 14.0. The summed E-state index contributed by atoms with van der Waals surface area (Å²) in [7, 11) is 1.61. The number of hydrogen-bond acceptors (Lipinski definition) is 4. The van der Waals surface area contributed by atoms with Crippen LogP contribution in [-0.4, -0.2) is 50.6 Å². The number of rotatable bonds is 4. The summed E-state index contributed by atoms with van der Waals surface area (Å²) in [5.41, 5.74) is 0.773. The van der Waals surface area contributed by atoms with Crippen LogP contribution >= 0.6 is 0 Å². The van der Waals surface area contributed by atoms with Gasteiger partial charge in [-0.3, -0.25) is 9.69 Å². The van der Waals surface area contributed by atoms with Crippen molar-refractivity contribution in [1.29, 1.82) is 0 Å². The fourth-order valence-corrected chi connectivity index (χ4v) is 1.97. The molecule has 0 spiro atoms. The lowest BCUT2D eigenvalue weighted by Gasteiger charge is -2.26. The van der Waals surface area contributed by atoms with Crippen LogP contribution in [0.25, 0.3) is 0 Å². The molecular formula is C13H19N3O2. The summed E-state index contributed by atoms with van der Waals surface area (Å²) in [6, 6.07) is 7.39. The summed E-state index contributed by atoms with van der Waals surface area (Å²) < 4.78 is 5.12. The van der Waals surface area contributed by atoms with Crippen molar-refractivity contribution < 1.29 is 9.53 Å². The lowest BCUT2D eigenvalue weighted by atomic mass is 10.3. The summed E-state index contributed by atoms with van der Waals surface area (Å²) >= 11 is 0. The van der Waals surface area contributed by atoms with E-state index in [1.807, 2.05) is 24.3 Å². The molecule has 0 saturated carbocycles. The van der Waals surface area contributed by atoms with Crippen LogP contribution in [0.15, 0.2) is 24.3 Å². The maximum absolute atomic E-state index is 11.9. The molecule has 0 bridgehead atoms. The topological polar surface area (TPSA) is 53.6 Å². The van der Waals surface area contributed by atoms with E-state index in [0.717, 1.165) is 37.6 Å². The Labute approximate surface area is 107 Å². The Kier molecular flexibility index (Phi) is 4.55. The van der Waals surface area contributed by atoms with E-state index in [1.54, 1.807) is 7.11 Å². The van der Waals surface area contributed by atoms with Gasteiger partial charge in [-0.15, -0.1) is 0 Å². The first-order chi connectivity index (χ1) is 8.78. The van der Waals surface area contributed by atoms with Gasteiger partial charge in [-0.1, -0.05) is 6.07 Å². The molecule has 1 fully saturated rings. The fourth-order valence-electron chi connectivity index (χ4n) is 1.97. The van der Waals surface area contributed by atoms with E-state index in [2.05, 4.69) is 15.5 Å². The first-order valence-electron chi connectivity index (χ1n) is 6.15. The molecule has 0 unspecified atom stereocenters. The van der Waals surface area contributed by atoms with Crippen molar-refractivity contribution in [3.63, 3.8) is 0 Å². The molecule has 0 atom stereocenters. The number of nitrogens with zero attached hydrogens (tertiary/aromatic N) is 1. The molecule has 5 nitrogen and oxygen atoms in total. The summed E-state index contributed by atoms with van der Waals surface area (Å²) in [6.45, 7) is 4.19. The highest BCUT2D eigenvalue weighted by Crippen LogP contribution is 2.16. The van der Waals surface area contributed by atoms with Crippen LogP contribution in [0.3, 0.4) is 0 Å². The zero-order chi connectivity index (χ0) is 12.8. The van der Waals surface area contributed by atoms with Gasteiger partial charge in [-0.2, -0.15) is 0 Å². The van der Waals surface area contributed by atoms with Crippen molar-refractivity contribution in [2.75, 3.05) is 45.2 Å². The number of carbonyl (C=O) groups is 1. The number of nitrogens with one attached hydrogen (secondary N) is 2. The minimum atomic E-state index is 0.0187. The van der Waals surface area contributed by atoms with E-state index >= 15 is 0 Å². The molecular weight excluding hydrogens is 230 g/mol. The van der Waals surface area contributed by atoms with E-state index in [-0.39, 0.29) is 5.91 Å². The lowest BCUT2D eigenvalue weighted by molar-refractivity contribution is -0.117. The Morgan fingerprint density at radius 3 is 2.94 bits per heavy atom. The normalized spacial score (nSPS) is 16.3. The van der Waals surface area contributed by atoms with E-state index < -0.39 is 0 Å². The number of piperazine rings is 1. The average molecular weight is 249 g/mol. The van der Waals surface area contributed by atoms with Crippen molar-refractivity contribution in [2.24, 2.45) is 0 Å². The van der Waals surface area contributed by atoms with Crippen LogP contribution in [0, 0.1) is 0 Å². The summed E-state index contributed by atoms with van der Waals surface area (Å²) in [6.07, 6.45) is 0. The molecule has 0 aliphatic carbocycles.